The first-order valence-electron chi connectivity index (χ1n) is 8.88. The quantitative estimate of drug-likeness (QED) is 0.847. The third-order valence-electron chi connectivity index (χ3n) is 5.83. The molecule has 2 saturated carbocycles. The number of nitrogens with zero attached hydrogens (tertiary/aromatic N) is 1. The summed E-state index contributed by atoms with van der Waals surface area (Å²) in [5.41, 5.74) is -0.495. The van der Waals surface area contributed by atoms with Crippen LogP contribution in [0.15, 0.2) is 18.2 Å². The van der Waals surface area contributed by atoms with E-state index in [1.165, 1.54) is 12.8 Å². The van der Waals surface area contributed by atoms with Crippen molar-refractivity contribution in [3.05, 3.63) is 23.8 Å². The van der Waals surface area contributed by atoms with E-state index in [1.807, 2.05) is 18.2 Å². The molecule has 25 heavy (non-hydrogen) atoms. The molecule has 5 heteroatoms. The van der Waals surface area contributed by atoms with Crippen LogP contribution in [-0.4, -0.2) is 24.8 Å². The Morgan fingerprint density at radius 1 is 1.28 bits per heavy atom. The lowest BCUT2D eigenvalue weighted by Gasteiger charge is -2.39. The molecule has 0 radical (unpaired) electrons. The van der Waals surface area contributed by atoms with Crippen molar-refractivity contribution < 1.29 is 19.4 Å². The van der Waals surface area contributed by atoms with Gasteiger partial charge < -0.3 is 14.6 Å². The Morgan fingerprint density at radius 3 is 2.48 bits per heavy atom. The number of hydrogen-bond donors (Lipinski definition) is 1. The summed E-state index contributed by atoms with van der Waals surface area (Å²) in [7, 11) is 1.61. The van der Waals surface area contributed by atoms with E-state index in [0.717, 1.165) is 5.56 Å². The Bertz CT molecular complexity index is 694. The molecule has 0 bridgehead atoms. The van der Waals surface area contributed by atoms with Gasteiger partial charge in [-0.15, -0.1) is 0 Å². The minimum absolute atomic E-state index is 0.500. The van der Waals surface area contributed by atoms with Gasteiger partial charge in [-0.1, -0.05) is 6.07 Å². The number of carboxylic acid groups (broad SMARTS) is 1. The maximum atomic E-state index is 11.5. The van der Waals surface area contributed by atoms with E-state index in [1.54, 1.807) is 14.0 Å². The highest BCUT2D eigenvalue weighted by Crippen LogP contribution is 2.48. The molecule has 0 aliphatic heterocycles. The molecule has 1 aromatic carbocycles. The summed E-state index contributed by atoms with van der Waals surface area (Å²) in [6, 6.07) is 8.13. The zero-order chi connectivity index (χ0) is 18.1. The van der Waals surface area contributed by atoms with E-state index in [4.69, 9.17) is 9.47 Å². The molecule has 2 aliphatic rings. The number of carbonyl (C=O) groups is 1. The fourth-order valence-electron chi connectivity index (χ4n) is 3.49. The Balaban J connectivity index is 1.84. The van der Waals surface area contributed by atoms with Gasteiger partial charge in [0.1, 0.15) is 0 Å². The number of aliphatic carboxylic acids is 1. The largest absolute Gasteiger partial charge is 0.493 e. The van der Waals surface area contributed by atoms with Crippen LogP contribution < -0.4 is 9.47 Å². The molecule has 0 heterocycles. The zero-order valence-electron chi connectivity index (χ0n) is 14.9. The number of ether oxygens (including phenoxy) is 2. The molecular formula is C20H25NO4. The molecule has 0 aromatic heterocycles. The van der Waals surface area contributed by atoms with E-state index < -0.39 is 16.8 Å². The Hall–Kier alpha value is -2.22. The highest BCUT2D eigenvalue weighted by Gasteiger charge is 2.45. The minimum Gasteiger partial charge on any atom is -0.493 e. The molecule has 5 nitrogen and oxygen atoms in total. The molecule has 2 fully saturated rings. The minimum atomic E-state index is -0.776. The van der Waals surface area contributed by atoms with Crippen molar-refractivity contribution in [1.29, 1.82) is 5.26 Å². The monoisotopic (exact) mass is 343 g/mol. The standard InChI is InChI=1S/C20H25NO4/c1-19(18(22)23)7-9-20(13-21,10-8-19)15-5-6-16(24-2)17(11-15)25-12-14-3-4-14/h5-6,11,14H,3-4,7-10,12H2,1-2H3,(H,22,23). The Morgan fingerprint density at radius 2 is 1.96 bits per heavy atom. The number of hydrogen-bond acceptors (Lipinski definition) is 4. The van der Waals surface area contributed by atoms with Crippen LogP contribution in [0.1, 0.15) is 51.0 Å². The van der Waals surface area contributed by atoms with Gasteiger partial charge in [0.05, 0.1) is 30.6 Å². The van der Waals surface area contributed by atoms with Crippen LogP contribution in [0, 0.1) is 22.7 Å². The first-order chi connectivity index (χ1) is 11.9. The third-order valence-corrected chi connectivity index (χ3v) is 5.83. The van der Waals surface area contributed by atoms with Crippen LogP contribution >= 0.6 is 0 Å². The molecule has 0 unspecified atom stereocenters. The lowest BCUT2D eigenvalue weighted by atomic mass is 9.62. The van der Waals surface area contributed by atoms with Gasteiger partial charge in [0, 0.05) is 0 Å². The fourth-order valence-corrected chi connectivity index (χ4v) is 3.49. The Labute approximate surface area is 148 Å². The van der Waals surface area contributed by atoms with Crippen LogP contribution in [0.25, 0.3) is 0 Å². The van der Waals surface area contributed by atoms with Crippen molar-refractivity contribution >= 4 is 5.97 Å². The van der Waals surface area contributed by atoms with Crippen molar-refractivity contribution in [3.63, 3.8) is 0 Å². The zero-order valence-corrected chi connectivity index (χ0v) is 14.9. The van der Waals surface area contributed by atoms with Crippen LogP contribution in [0.2, 0.25) is 0 Å². The van der Waals surface area contributed by atoms with Crippen molar-refractivity contribution in [1.82, 2.24) is 0 Å². The lowest BCUT2D eigenvalue weighted by molar-refractivity contribution is -0.150. The van der Waals surface area contributed by atoms with Gasteiger partial charge in [0.2, 0.25) is 0 Å². The maximum Gasteiger partial charge on any atom is 0.309 e. The third kappa shape index (κ3) is 3.44. The molecular weight excluding hydrogens is 318 g/mol. The molecule has 0 atom stereocenters. The van der Waals surface area contributed by atoms with E-state index in [2.05, 4.69) is 6.07 Å². The summed E-state index contributed by atoms with van der Waals surface area (Å²) in [6.45, 7) is 2.45. The summed E-state index contributed by atoms with van der Waals surface area (Å²) in [4.78, 5) is 11.5. The highest BCUT2D eigenvalue weighted by molar-refractivity contribution is 5.74. The fraction of sp³-hybridized carbons (Fsp3) is 0.600. The van der Waals surface area contributed by atoms with E-state index in [-0.39, 0.29) is 0 Å². The van der Waals surface area contributed by atoms with Gasteiger partial charge in [-0.25, -0.2) is 0 Å². The molecule has 0 saturated heterocycles. The number of benzene rings is 1. The number of nitriles is 1. The summed E-state index contributed by atoms with van der Waals surface area (Å²) in [6.07, 6.45) is 4.50. The van der Waals surface area contributed by atoms with Gasteiger partial charge in [-0.05, 0) is 69.1 Å². The molecule has 1 N–H and O–H groups in total. The number of methoxy groups -OCH3 is 1. The maximum absolute atomic E-state index is 11.5. The summed E-state index contributed by atoms with van der Waals surface area (Å²) in [5.74, 6) is 1.20. The first kappa shape index (κ1) is 17.6. The number of carboxylic acids is 1. The van der Waals surface area contributed by atoms with Crippen LogP contribution in [0.3, 0.4) is 0 Å². The van der Waals surface area contributed by atoms with Crippen molar-refractivity contribution in [2.24, 2.45) is 11.3 Å². The average Bonchev–Trinajstić information content (AvgIpc) is 3.45. The van der Waals surface area contributed by atoms with E-state index >= 15 is 0 Å². The number of rotatable bonds is 6. The second-order valence-electron chi connectivity index (χ2n) is 7.68. The molecule has 3 rings (SSSR count). The predicted octanol–water partition coefficient (Wildman–Crippen LogP) is 3.91. The molecule has 134 valence electrons. The van der Waals surface area contributed by atoms with Gasteiger partial charge in [-0.2, -0.15) is 5.26 Å². The van der Waals surface area contributed by atoms with Crippen LogP contribution in [0.4, 0.5) is 0 Å². The molecule has 1 aromatic rings. The van der Waals surface area contributed by atoms with Gasteiger partial charge in [0.15, 0.2) is 11.5 Å². The van der Waals surface area contributed by atoms with Crippen LogP contribution in [-0.2, 0) is 10.2 Å². The normalized spacial score (nSPS) is 28.8. The second kappa shape index (κ2) is 6.59. The highest BCUT2D eigenvalue weighted by atomic mass is 16.5. The molecule has 0 spiro atoms. The smallest absolute Gasteiger partial charge is 0.309 e. The second-order valence-corrected chi connectivity index (χ2v) is 7.68. The van der Waals surface area contributed by atoms with Gasteiger partial charge in [-0.3, -0.25) is 4.79 Å². The summed E-state index contributed by atoms with van der Waals surface area (Å²) < 4.78 is 11.3. The molecule has 2 aliphatic carbocycles. The van der Waals surface area contributed by atoms with Crippen molar-refractivity contribution in [2.45, 2.75) is 50.9 Å². The lowest BCUT2D eigenvalue weighted by Crippen LogP contribution is -2.39. The SMILES string of the molecule is COc1ccc(C2(C#N)CCC(C)(C(=O)O)CC2)cc1OCC1CC1. The van der Waals surface area contributed by atoms with Crippen molar-refractivity contribution in [2.75, 3.05) is 13.7 Å². The van der Waals surface area contributed by atoms with Crippen LogP contribution in [0.5, 0.6) is 11.5 Å². The average molecular weight is 343 g/mol. The van der Waals surface area contributed by atoms with Crippen molar-refractivity contribution in [3.8, 4) is 17.6 Å². The first-order valence-corrected chi connectivity index (χ1v) is 8.88. The Kier molecular flexibility index (Phi) is 4.64. The van der Waals surface area contributed by atoms with Gasteiger partial charge in [0.25, 0.3) is 0 Å². The molecule has 0 amide bonds. The summed E-state index contributed by atoms with van der Waals surface area (Å²) in [5, 5.41) is 19.3. The summed E-state index contributed by atoms with van der Waals surface area (Å²) >= 11 is 0. The topological polar surface area (TPSA) is 79.5 Å². The van der Waals surface area contributed by atoms with Gasteiger partial charge >= 0.3 is 5.97 Å². The van der Waals surface area contributed by atoms with E-state index in [9.17, 15) is 15.2 Å². The van der Waals surface area contributed by atoms with E-state index in [0.29, 0.717) is 49.7 Å². The predicted molar refractivity (Wildman–Crippen MR) is 92.7 cm³/mol.